The Morgan fingerprint density at radius 3 is 2.50 bits per heavy atom. The van der Waals surface area contributed by atoms with Crippen molar-refractivity contribution < 1.29 is 14.4 Å². The Hall–Kier alpha value is -2.62. The van der Waals surface area contributed by atoms with Crippen LogP contribution in [0.4, 0.5) is 0 Å². The number of rotatable bonds is 2. The predicted octanol–water partition coefficient (Wildman–Crippen LogP) is 3.19. The number of aromatic carboxylic acids is 1. The van der Waals surface area contributed by atoms with Crippen LogP contribution >= 0.6 is 0 Å². The Labute approximate surface area is 102 Å². The van der Waals surface area contributed by atoms with Gasteiger partial charge in [0.2, 0.25) is 0 Å². The highest BCUT2D eigenvalue weighted by atomic mass is 16.5. The molecule has 0 aliphatic carbocycles. The fourth-order valence-corrected chi connectivity index (χ4v) is 1.86. The van der Waals surface area contributed by atoms with Crippen molar-refractivity contribution in [3.05, 3.63) is 54.1 Å². The van der Waals surface area contributed by atoms with Crippen molar-refractivity contribution in [2.75, 3.05) is 0 Å². The van der Waals surface area contributed by atoms with Gasteiger partial charge in [-0.05, 0) is 24.3 Å². The van der Waals surface area contributed by atoms with Gasteiger partial charge in [-0.2, -0.15) is 0 Å². The van der Waals surface area contributed by atoms with Crippen LogP contribution in [0.3, 0.4) is 0 Å². The number of hydrogen-bond acceptors (Lipinski definition) is 3. The first kappa shape index (κ1) is 10.5. The Kier molecular flexibility index (Phi) is 2.34. The van der Waals surface area contributed by atoms with E-state index in [4.69, 9.17) is 9.63 Å². The van der Waals surface area contributed by atoms with Crippen LogP contribution in [-0.2, 0) is 0 Å². The van der Waals surface area contributed by atoms with E-state index in [9.17, 15) is 4.79 Å². The quantitative estimate of drug-likeness (QED) is 0.745. The summed E-state index contributed by atoms with van der Waals surface area (Å²) in [5.74, 6) is -0.286. The number of hydrogen-bond donors (Lipinski definition) is 1. The minimum atomic E-state index is -0.941. The van der Waals surface area contributed by atoms with E-state index < -0.39 is 5.97 Å². The van der Waals surface area contributed by atoms with Gasteiger partial charge >= 0.3 is 5.97 Å². The van der Waals surface area contributed by atoms with E-state index in [0.717, 1.165) is 16.5 Å². The molecule has 0 unspecified atom stereocenters. The summed E-state index contributed by atoms with van der Waals surface area (Å²) in [5.41, 5.74) is 1.85. The van der Waals surface area contributed by atoms with Gasteiger partial charge in [0.25, 0.3) is 0 Å². The molecule has 1 heterocycles. The summed E-state index contributed by atoms with van der Waals surface area (Å²) in [6.45, 7) is 0. The predicted molar refractivity (Wildman–Crippen MR) is 66.4 cm³/mol. The van der Waals surface area contributed by atoms with E-state index in [1.165, 1.54) is 0 Å². The lowest BCUT2D eigenvalue weighted by molar-refractivity contribution is 0.0697. The minimum Gasteiger partial charge on any atom is -0.478 e. The van der Waals surface area contributed by atoms with E-state index in [1.54, 1.807) is 24.3 Å². The van der Waals surface area contributed by atoms with Gasteiger partial charge < -0.3 is 9.63 Å². The van der Waals surface area contributed by atoms with Crippen molar-refractivity contribution in [2.45, 2.75) is 0 Å². The van der Waals surface area contributed by atoms with Gasteiger partial charge in [0, 0.05) is 10.9 Å². The number of carboxylic acid groups (broad SMARTS) is 1. The van der Waals surface area contributed by atoms with E-state index in [1.807, 2.05) is 24.3 Å². The maximum absolute atomic E-state index is 10.8. The number of carbonyl (C=O) groups is 1. The van der Waals surface area contributed by atoms with E-state index in [-0.39, 0.29) is 5.56 Å². The van der Waals surface area contributed by atoms with E-state index in [0.29, 0.717) is 5.76 Å². The number of benzene rings is 2. The summed E-state index contributed by atoms with van der Waals surface area (Å²) in [4.78, 5) is 10.8. The lowest BCUT2D eigenvalue weighted by atomic mass is 10.1. The van der Waals surface area contributed by atoms with Gasteiger partial charge in [0.1, 0.15) is 5.52 Å². The molecule has 3 aromatic rings. The van der Waals surface area contributed by atoms with Crippen LogP contribution in [0.5, 0.6) is 0 Å². The summed E-state index contributed by atoms with van der Waals surface area (Å²) in [6.07, 6.45) is 0. The molecular formula is C14H9NO3. The molecule has 0 fully saturated rings. The maximum Gasteiger partial charge on any atom is 0.335 e. The molecule has 0 atom stereocenters. The van der Waals surface area contributed by atoms with Crippen LogP contribution in [0, 0.1) is 0 Å². The summed E-state index contributed by atoms with van der Waals surface area (Å²) < 4.78 is 5.30. The molecule has 88 valence electrons. The van der Waals surface area contributed by atoms with Crippen molar-refractivity contribution in [1.29, 1.82) is 0 Å². The molecule has 18 heavy (non-hydrogen) atoms. The Morgan fingerprint density at radius 1 is 1.06 bits per heavy atom. The van der Waals surface area contributed by atoms with Crippen molar-refractivity contribution in [3.63, 3.8) is 0 Å². The topological polar surface area (TPSA) is 63.3 Å². The molecule has 0 saturated heterocycles. The molecule has 0 saturated carbocycles. The molecule has 2 aromatic carbocycles. The first-order valence-corrected chi connectivity index (χ1v) is 5.44. The average molecular weight is 239 g/mol. The first-order valence-electron chi connectivity index (χ1n) is 5.44. The van der Waals surface area contributed by atoms with E-state index >= 15 is 0 Å². The zero-order valence-corrected chi connectivity index (χ0v) is 9.33. The Morgan fingerprint density at radius 2 is 1.78 bits per heavy atom. The van der Waals surface area contributed by atoms with Gasteiger partial charge in [-0.1, -0.05) is 29.4 Å². The molecule has 4 nitrogen and oxygen atoms in total. The number of carboxylic acids is 1. The van der Waals surface area contributed by atoms with Crippen LogP contribution in [-0.4, -0.2) is 16.2 Å². The summed E-state index contributed by atoms with van der Waals surface area (Å²) >= 11 is 0. The monoisotopic (exact) mass is 239 g/mol. The highest BCUT2D eigenvalue weighted by molar-refractivity contribution is 5.93. The number of fused-ring (bicyclic) bond motifs is 1. The Balaban J connectivity index is 2.12. The van der Waals surface area contributed by atoms with Crippen molar-refractivity contribution >= 4 is 16.9 Å². The van der Waals surface area contributed by atoms with Crippen LogP contribution in [0.2, 0.25) is 0 Å². The zero-order valence-electron chi connectivity index (χ0n) is 9.33. The number of aromatic nitrogens is 1. The van der Waals surface area contributed by atoms with Gasteiger partial charge in [-0.3, -0.25) is 0 Å². The molecule has 0 spiro atoms. The first-order chi connectivity index (χ1) is 8.75. The molecular weight excluding hydrogens is 230 g/mol. The van der Waals surface area contributed by atoms with E-state index in [2.05, 4.69) is 5.16 Å². The maximum atomic E-state index is 10.8. The minimum absolute atomic E-state index is 0.252. The smallest absolute Gasteiger partial charge is 0.335 e. The molecule has 0 amide bonds. The molecule has 0 aliphatic heterocycles. The van der Waals surface area contributed by atoms with Gasteiger partial charge in [-0.25, -0.2) is 4.79 Å². The lowest BCUT2D eigenvalue weighted by Crippen LogP contribution is -1.94. The Bertz CT molecular complexity index is 713. The fourth-order valence-electron chi connectivity index (χ4n) is 1.86. The van der Waals surface area contributed by atoms with Crippen LogP contribution in [0.15, 0.2) is 53.1 Å². The highest BCUT2D eigenvalue weighted by Gasteiger charge is 2.10. The third-order valence-electron chi connectivity index (χ3n) is 2.78. The highest BCUT2D eigenvalue weighted by Crippen LogP contribution is 2.28. The number of nitrogens with zero attached hydrogens (tertiary/aromatic N) is 1. The van der Waals surface area contributed by atoms with Crippen molar-refractivity contribution in [1.82, 2.24) is 5.16 Å². The summed E-state index contributed by atoms with van der Waals surface area (Å²) in [6, 6.07) is 14.1. The van der Waals surface area contributed by atoms with Gasteiger partial charge in [0.05, 0.1) is 5.56 Å². The molecule has 1 aromatic heterocycles. The standard InChI is InChI=1S/C14H9NO3/c16-14(17)10-7-5-9(6-8-10)13-11-3-1-2-4-12(11)15-18-13/h1-8H,(H,16,17). The second-order valence-corrected chi connectivity index (χ2v) is 3.91. The summed E-state index contributed by atoms with van der Waals surface area (Å²) in [5, 5.41) is 13.7. The second-order valence-electron chi connectivity index (χ2n) is 3.91. The third kappa shape index (κ3) is 1.64. The molecule has 1 N–H and O–H groups in total. The largest absolute Gasteiger partial charge is 0.478 e. The van der Waals surface area contributed by atoms with Crippen molar-refractivity contribution in [3.8, 4) is 11.3 Å². The van der Waals surface area contributed by atoms with Crippen LogP contribution in [0.25, 0.3) is 22.2 Å². The molecule has 0 radical (unpaired) electrons. The van der Waals surface area contributed by atoms with Gasteiger partial charge in [-0.15, -0.1) is 0 Å². The van der Waals surface area contributed by atoms with Crippen LogP contribution in [0.1, 0.15) is 10.4 Å². The SMILES string of the molecule is O=C(O)c1ccc(-c2onc3ccccc23)cc1. The molecule has 3 rings (SSSR count). The van der Waals surface area contributed by atoms with Gasteiger partial charge in [0.15, 0.2) is 5.76 Å². The lowest BCUT2D eigenvalue weighted by Gasteiger charge is -1.98. The fraction of sp³-hybridized carbons (Fsp3) is 0. The second kappa shape index (κ2) is 4.00. The molecule has 0 bridgehead atoms. The molecule has 4 heteroatoms. The van der Waals surface area contributed by atoms with Crippen molar-refractivity contribution in [2.24, 2.45) is 0 Å². The normalized spacial score (nSPS) is 10.7. The molecule has 0 aliphatic rings. The van der Waals surface area contributed by atoms with Crippen LogP contribution < -0.4 is 0 Å². The average Bonchev–Trinajstić information content (AvgIpc) is 2.82. The zero-order chi connectivity index (χ0) is 12.5. The third-order valence-corrected chi connectivity index (χ3v) is 2.78. The summed E-state index contributed by atoms with van der Waals surface area (Å²) in [7, 11) is 0.